The fourth-order valence-electron chi connectivity index (χ4n) is 4.23. The lowest BCUT2D eigenvalue weighted by Crippen LogP contribution is -2.09. The summed E-state index contributed by atoms with van der Waals surface area (Å²) in [5.74, 6) is 2.97. The third-order valence-corrected chi connectivity index (χ3v) is 8.53. The molecule has 0 radical (unpaired) electrons. The van der Waals surface area contributed by atoms with E-state index in [-0.39, 0.29) is 16.9 Å². The summed E-state index contributed by atoms with van der Waals surface area (Å²) in [6.45, 7) is 0. The van der Waals surface area contributed by atoms with Crippen LogP contribution >= 0.6 is 10.9 Å². The molecular weight excluding hydrogens is 376 g/mol. The second-order valence-corrected chi connectivity index (χ2v) is 10.1. The summed E-state index contributed by atoms with van der Waals surface area (Å²) >= 11 is 0. The van der Waals surface area contributed by atoms with E-state index in [0.717, 1.165) is 16.2 Å². The summed E-state index contributed by atoms with van der Waals surface area (Å²) in [5.41, 5.74) is 0.577. The van der Waals surface area contributed by atoms with Crippen LogP contribution in [-0.4, -0.2) is 17.5 Å². The molecule has 3 heteroatoms. The quantitative estimate of drug-likeness (QED) is 0.234. The number of thiol groups is 1. The standard InChI is InChI=1S/C26H24O2S/c27-26(21-13-12-19-8-2-3-9-20(19)18-21)28-24-14-15-25(29-16-6-1-7-17-29)23-11-5-4-10-22(23)24/h2-5,8-15,18,29H,1,6-7,16-17H2. The Balaban J connectivity index is 1.49. The molecule has 1 aliphatic rings. The highest BCUT2D eigenvalue weighted by molar-refractivity contribution is 8.17. The molecule has 0 amide bonds. The molecule has 0 saturated carbocycles. The van der Waals surface area contributed by atoms with Gasteiger partial charge < -0.3 is 4.74 Å². The highest BCUT2D eigenvalue weighted by Crippen LogP contribution is 2.46. The summed E-state index contributed by atoms with van der Waals surface area (Å²) < 4.78 is 5.87. The number of esters is 1. The average Bonchev–Trinajstić information content (AvgIpc) is 2.79. The normalized spacial score (nSPS) is 15.5. The number of hydrogen-bond donors (Lipinski definition) is 1. The van der Waals surface area contributed by atoms with Crippen molar-refractivity contribution in [2.75, 3.05) is 11.5 Å². The molecule has 0 bridgehead atoms. The van der Waals surface area contributed by atoms with Gasteiger partial charge in [0, 0.05) is 5.39 Å². The molecule has 1 saturated heterocycles. The van der Waals surface area contributed by atoms with Crippen molar-refractivity contribution in [2.24, 2.45) is 0 Å². The van der Waals surface area contributed by atoms with Crippen LogP contribution in [0, 0.1) is 0 Å². The predicted octanol–water partition coefficient (Wildman–Crippen LogP) is 6.76. The van der Waals surface area contributed by atoms with Crippen molar-refractivity contribution in [1.29, 1.82) is 0 Å². The van der Waals surface area contributed by atoms with Crippen molar-refractivity contribution < 1.29 is 9.53 Å². The molecule has 0 N–H and O–H groups in total. The van der Waals surface area contributed by atoms with Gasteiger partial charge in [0.2, 0.25) is 0 Å². The lowest BCUT2D eigenvalue weighted by molar-refractivity contribution is 0.0737. The molecule has 0 atom stereocenters. The average molecular weight is 401 g/mol. The topological polar surface area (TPSA) is 26.3 Å². The Kier molecular flexibility index (Phi) is 4.99. The Morgan fingerprint density at radius 1 is 0.724 bits per heavy atom. The molecule has 146 valence electrons. The van der Waals surface area contributed by atoms with Gasteiger partial charge in [-0.3, -0.25) is 0 Å². The number of rotatable bonds is 3. The largest absolute Gasteiger partial charge is 0.422 e. The molecule has 4 aromatic rings. The predicted molar refractivity (Wildman–Crippen MR) is 124 cm³/mol. The van der Waals surface area contributed by atoms with Crippen LogP contribution in [0.5, 0.6) is 5.75 Å². The molecule has 5 rings (SSSR count). The zero-order chi connectivity index (χ0) is 19.6. The van der Waals surface area contributed by atoms with Crippen molar-refractivity contribution in [3.8, 4) is 5.75 Å². The van der Waals surface area contributed by atoms with Gasteiger partial charge in [0.15, 0.2) is 0 Å². The van der Waals surface area contributed by atoms with Crippen molar-refractivity contribution >= 4 is 38.4 Å². The molecule has 1 aliphatic heterocycles. The Morgan fingerprint density at radius 3 is 2.28 bits per heavy atom. The van der Waals surface area contributed by atoms with Gasteiger partial charge in [-0.2, -0.15) is 0 Å². The lowest BCUT2D eigenvalue weighted by Gasteiger charge is -2.28. The molecule has 0 spiro atoms. The SMILES string of the molecule is O=C(Oc1ccc([SH]2CCCCC2)c2ccccc12)c1ccc2ccccc2c1. The zero-order valence-electron chi connectivity index (χ0n) is 16.3. The molecule has 29 heavy (non-hydrogen) atoms. The van der Waals surface area contributed by atoms with Gasteiger partial charge in [-0.05, 0) is 69.7 Å². The van der Waals surface area contributed by atoms with E-state index in [1.165, 1.54) is 41.0 Å². The first kappa shape index (κ1) is 18.3. The highest BCUT2D eigenvalue weighted by atomic mass is 32.2. The first-order chi connectivity index (χ1) is 14.3. The summed E-state index contributed by atoms with van der Waals surface area (Å²) in [7, 11) is -0.104. The van der Waals surface area contributed by atoms with Crippen molar-refractivity contribution in [1.82, 2.24) is 0 Å². The number of ether oxygens (including phenoxy) is 1. The van der Waals surface area contributed by atoms with Gasteiger partial charge in [0.25, 0.3) is 0 Å². The minimum atomic E-state index is -0.308. The smallest absolute Gasteiger partial charge is 0.343 e. The van der Waals surface area contributed by atoms with Crippen LogP contribution in [0.2, 0.25) is 0 Å². The molecule has 1 heterocycles. The Hall–Kier alpha value is -2.78. The summed E-state index contributed by atoms with van der Waals surface area (Å²) in [6.07, 6.45) is 4.02. The first-order valence-corrected chi connectivity index (χ1v) is 12.0. The van der Waals surface area contributed by atoms with E-state index in [2.05, 4.69) is 24.3 Å². The van der Waals surface area contributed by atoms with Crippen LogP contribution < -0.4 is 4.74 Å². The van der Waals surface area contributed by atoms with Crippen LogP contribution in [0.3, 0.4) is 0 Å². The van der Waals surface area contributed by atoms with E-state index in [4.69, 9.17) is 4.74 Å². The minimum Gasteiger partial charge on any atom is -0.422 e. The van der Waals surface area contributed by atoms with Gasteiger partial charge in [-0.25, -0.2) is 15.7 Å². The maximum Gasteiger partial charge on any atom is 0.343 e. The number of hydrogen-bond acceptors (Lipinski definition) is 2. The number of carbonyl (C=O) groups is 1. The minimum absolute atomic E-state index is 0.104. The van der Waals surface area contributed by atoms with E-state index in [1.54, 1.807) is 0 Å². The van der Waals surface area contributed by atoms with E-state index < -0.39 is 0 Å². The zero-order valence-corrected chi connectivity index (χ0v) is 17.2. The molecule has 0 aliphatic carbocycles. The van der Waals surface area contributed by atoms with Gasteiger partial charge in [0.1, 0.15) is 5.75 Å². The third kappa shape index (κ3) is 3.63. The number of benzene rings is 4. The van der Waals surface area contributed by atoms with E-state index in [1.807, 2.05) is 54.6 Å². The van der Waals surface area contributed by atoms with Crippen LogP contribution in [-0.2, 0) is 0 Å². The van der Waals surface area contributed by atoms with Crippen molar-refractivity contribution in [3.05, 3.63) is 84.4 Å². The number of carbonyl (C=O) groups excluding carboxylic acids is 1. The lowest BCUT2D eigenvalue weighted by atomic mass is 10.1. The van der Waals surface area contributed by atoms with Crippen LogP contribution in [0.1, 0.15) is 29.6 Å². The monoisotopic (exact) mass is 400 g/mol. The van der Waals surface area contributed by atoms with Crippen LogP contribution in [0.25, 0.3) is 21.5 Å². The van der Waals surface area contributed by atoms with E-state index >= 15 is 0 Å². The molecule has 2 nitrogen and oxygen atoms in total. The summed E-state index contributed by atoms with van der Waals surface area (Å²) in [4.78, 5) is 14.3. The van der Waals surface area contributed by atoms with Gasteiger partial charge in [-0.15, -0.1) is 0 Å². The maximum atomic E-state index is 12.9. The summed E-state index contributed by atoms with van der Waals surface area (Å²) in [5, 5.41) is 4.44. The molecular formula is C26H24O2S. The Bertz CT molecular complexity index is 1190. The first-order valence-electron chi connectivity index (χ1n) is 10.3. The second kappa shape index (κ2) is 7.92. The Morgan fingerprint density at radius 2 is 1.45 bits per heavy atom. The third-order valence-electron chi connectivity index (χ3n) is 5.75. The molecule has 4 aromatic carbocycles. The second-order valence-electron chi connectivity index (χ2n) is 7.63. The van der Waals surface area contributed by atoms with Gasteiger partial charge >= 0.3 is 5.97 Å². The molecule has 0 unspecified atom stereocenters. The molecule has 1 fully saturated rings. The van der Waals surface area contributed by atoms with Gasteiger partial charge in [-0.1, -0.05) is 61.0 Å². The molecule has 0 aromatic heterocycles. The number of fused-ring (bicyclic) bond motifs is 2. The maximum absolute atomic E-state index is 12.9. The van der Waals surface area contributed by atoms with E-state index in [9.17, 15) is 4.79 Å². The van der Waals surface area contributed by atoms with E-state index in [0.29, 0.717) is 11.3 Å². The fourth-order valence-corrected chi connectivity index (χ4v) is 6.97. The van der Waals surface area contributed by atoms with Crippen LogP contribution in [0.15, 0.2) is 83.8 Å². The van der Waals surface area contributed by atoms with Crippen molar-refractivity contribution in [3.63, 3.8) is 0 Å². The highest BCUT2D eigenvalue weighted by Gasteiger charge is 2.17. The van der Waals surface area contributed by atoms with Crippen LogP contribution in [0.4, 0.5) is 0 Å². The van der Waals surface area contributed by atoms with Crippen molar-refractivity contribution in [2.45, 2.75) is 24.2 Å². The van der Waals surface area contributed by atoms with Gasteiger partial charge in [0.05, 0.1) is 5.56 Å². The fraction of sp³-hybridized carbons (Fsp3) is 0.192. The summed E-state index contributed by atoms with van der Waals surface area (Å²) in [6, 6.07) is 26.3. The Labute approximate surface area is 173 Å².